The number of alkyl halides is 3. The van der Waals surface area contributed by atoms with Crippen molar-refractivity contribution in [2.24, 2.45) is 0 Å². The van der Waals surface area contributed by atoms with Crippen molar-refractivity contribution in [1.82, 2.24) is 24.7 Å². The molecule has 31 heavy (non-hydrogen) atoms. The molecule has 1 fully saturated rings. The molecule has 0 saturated heterocycles. The average Bonchev–Trinajstić information content (AvgIpc) is 3.37. The molecular formula is C19H20F3N7O2. The summed E-state index contributed by atoms with van der Waals surface area (Å²) in [5.41, 5.74) is -0.852. The summed E-state index contributed by atoms with van der Waals surface area (Å²) in [7, 11) is 0. The molecule has 164 valence electrons. The molecule has 0 unspecified atom stereocenters. The highest BCUT2D eigenvalue weighted by molar-refractivity contribution is 5.95. The highest BCUT2D eigenvalue weighted by atomic mass is 19.4. The van der Waals surface area contributed by atoms with Gasteiger partial charge >= 0.3 is 6.18 Å². The fourth-order valence-electron chi connectivity index (χ4n) is 3.56. The summed E-state index contributed by atoms with van der Waals surface area (Å²) >= 11 is 0. The van der Waals surface area contributed by atoms with Gasteiger partial charge in [-0.05, 0) is 31.9 Å². The Morgan fingerprint density at radius 1 is 1.26 bits per heavy atom. The first-order chi connectivity index (χ1) is 14.7. The Labute approximate surface area is 174 Å². The van der Waals surface area contributed by atoms with E-state index in [1.54, 1.807) is 4.68 Å². The third kappa shape index (κ3) is 4.37. The van der Waals surface area contributed by atoms with Crippen molar-refractivity contribution in [3.8, 4) is 0 Å². The molecule has 3 aromatic rings. The Kier molecular flexibility index (Phi) is 5.38. The maximum absolute atomic E-state index is 12.6. The summed E-state index contributed by atoms with van der Waals surface area (Å²) in [4.78, 5) is 35.4. The molecule has 0 spiro atoms. The lowest BCUT2D eigenvalue weighted by Gasteiger charge is -2.15. The number of nitrogens with zero attached hydrogens (tertiary/aromatic N) is 4. The van der Waals surface area contributed by atoms with Crippen LogP contribution in [-0.4, -0.2) is 36.7 Å². The molecule has 1 aliphatic carbocycles. The van der Waals surface area contributed by atoms with Crippen LogP contribution in [0.3, 0.4) is 0 Å². The number of aromatic amines is 1. The van der Waals surface area contributed by atoms with E-state index in [4.69, 9.17) is 0 Å². The van der Waals surface area contributed by atoms with Gasteiger partial charge in [-0.3, -0.25) is 14.6 Å². The van der Waals surface area contributed by atoms with Crippen molar-refractivity contribution >= 4 is 28.7 Å². The van der Waals surface area contributed by atoms with Crippen LogP contribution in [0.1, 0.15) is 44.2 Å². The number of halogens is 3. The Balaban J connectivity index is 1.48. The third-order valence-corrected chi connectivity index (χ3v) is 5.22. The molecule has 9 nitrogen and oxygen atoms in total. The van der Waals surface area contributed by atoms with E-state index in [1.807, 2.05) is 0 Å². The van der Waals surface area contributed by atoms with Gasteiger partial charge in [-0.2, -0.15) is 23.3 Å². The zero-order valence-electron chi connectivity index (χ0n) is 16.5. The number of pyridine rings is 1. The minimum absolute atomic E-state index is 0.0251. The van der Waals surface area contributed by atoms with Gasteiger partial charge in [-0.25, -0.2) is 9.67 Å². The topological polar surface area (TPSA) is 118 Å². The van der Waals surface area contributed by atoms with Gasteiger partial charge in [0, 0.05) is 6.20 Å². The lowest BCUT2D eigenvalue weighted by Crippen LogP contribution is -2.33. The fourth-order valence-corrected chi connectivity index (χ4v) is 3.56. The summed E-state index contributed by atoms with van der Waals surface area (Å²) in [5, 5.41) is 9.91. The highest BCUT2D eigenvalue weighted by Gasteiger charge is 2.30. The summed E-state index contributed by atoms with van der Waals surface area (Å²) in [5.74, 6) is -0.484. The van der Waals surface area contributed by atoms with Crippen LogP contribution in [0.25, 0.3) is 11.0 Å². The van der Waals surface area contributed by atoms with Crippen molar-refractivity contribution in [1.29, 1.82) is 0 Å². The van der Waals surface area contributed by atoms with Crippen LogP contribution in [0, 0.1) is 0 Å². The van der Waals surface area contributed by atoms with Gasteiger partial charge in [0.05, 0.1) is 17.8 Å². The first-order valence-corrected chi connectivity index (χ1v) is 9.80. The van der Waals surface area contributed by atoms with Crippen molar-refractivity contribution < 1.29 is 18.0 Å². The molecule has 1 atom stereocenters. The number of rotatable bonds is 5. The van der Waals surface area contributed by atoms with Gasteiger partial charge in [0.2, 0.25) is 11.9 Å². The summed E-state index contributed by atoms with van der Waals surface area (Å²) < 4.78 is 39.6. The van der Waals surface area contributed by atoms with Gasteiger partial charge in [0.15, 0.2) is 5.65 Å². The van der Waals surface area contributed by atoms with Gasteiger partial charge < -0.3 is 10.6 Å². The van der Waals surface area contributed by atoms with E-state index < -0.39 is 23.7 Å². The second-order valence-electron chi connectivity index (χ2n) is 7.46. The normalized spacial score (nSPS) is 15.9. The number of fused-ring (bicyclic) bond motifs is 1. The van der Waals surface area contributed by atoms with Crippen molar-refractivity contribution in [2.75, 3.05) is 10.6 Å². The number of nitrogens with one attached hydrogen (secondary N) is 3. The number of anilines is 2. The first kappa shape index (κ1) is 20.8. The molecule has 12 heteroatoms. The largest absolute Gasteiger partial charge is 0.417 e. The Morgan fingerprint density at radius 3 is 2.65 bits per heavy atom. The predicted molar refractivity (Wildman–Crippen MR) is 107 cm³/mol. The second-order valence-corrected chi connectivity index (χ2v) is 7.46. The van der Waals surface area contributed by atoms with E-state index in [1.165, 1.54) is 13.1 Å². The van der Waals surface area contributed by atoms with Crippen molar-refractivity contribution in [3.63, 3.8) is 0 Å². The van der Waals surface area contributed by atoms with Gasteiger partial charge in [-0.15, -0.1) is 0 Å². The Morgan fingerprint density at radius 2 is 2.00 bits per heavy atom. The molecule has 3 aromatic heterocycles. The molecule has 1 amide bonds. The van der Waals surface area contributed by atoms with E-state index in [0.717, 1.165) is 37.8 Å². The lowest BCUT2D eigenvalue weighted by atomic mass is 10.2. The first-order valence-electron chi connectivity index (χ1n) is 9.80. The second kappa shape index (κ2) is 8.00. The maximum atomic E-state index is 12.6. The molecule has 3 heterocycles. The van der Waals surface area contributed by atoms with Crippen molar-refractivity contribution in [2.45, 2.75) is 50.9 Å². The van der Waals surface area contributed by atoms with Crippen LogP contribution in [0.4, 0.5) is 24.9 Å². The Bertz CT molecular complexity index is 1150. The van der Waals surface area contributed by atoms with Gasteiger partial charge in [0.1, 0.15) is 17.2 Å². The van der Waals surface area contributed by atoms with Crippen molar-refractivity contribution in [3.05, 3.63) is 40.4 Å². The minimum Gasteiger partial charge on any atom is -0.344 e. The summed E-state index contributed by atoms with van der Waals surface area (Å²) in [6.07, 6.45) is 1.73. The molecule has 0 bridgehead atoms. The van der Waals surface area contributed by atoms with Gasteiger partial charge in [-0.1, -0.05) is 12.8 Å². The fraction of sp³-hybridized carbons (Fsp3) is 0.421. The van der Waals surface area contributed by atoms with Crippen LogP contribution >= 0.6 is 0 Å². The molecule has 0 radical (unpaired) electrons. The highest BCUT2D eigenvalue weighted by Crippen LogP contribution is 2.31. The zero-order chi connectivity index (χ0) is 22.2. The number of hydrogen-bond donors (Lipinski definition) is 3. The molecule has 0 aliphatic heterocycles. The van der Waals surface area contributed by atoms with Crippen LogP contribution in [-0.2, 0) is 11.0 Å². The number of aromatic nitrogens is 5. The number of carbonyl (C=O) groups excluding carboxylic acids is 1. The Hall–Kier alpha value is -3.44. The molecule has 0 aromatic carbocycles. The van der Waals surface area contributed by atoms with Crippen LogP contribution in [0.2, 0.25) is 0 Å². The molecule has 1 aliphatic rings. The lowest BCUT2D eigenvalue weighted by molar-refractivity contribution is -0.137. The summed E-state index contributed by atoms with van der Waals surface area (Å²) in [6, 6.07) is 1.23. The quantitative estimate of drug-likeness (QED) is 0.567. The maximum Gasteiger partial charge on any atom is 0.417 e. The standard InChI is InChI=1S/C19H20F3N7O2/c1-10(16(30)26-14-7-6-11(8-23-14)19(20,21)22)25-18-27-15-13(17(31)28-18)9-24-29(15)12-4-2-3-5-12/h6-10,12H,2-5H2,1H3,(H,23,26,30)(H2,25,27,28,31)/t10-/m1/s1. The SMILES string of the molecule is C[C@@H](Nc1nc2c(cnn2C2CCCC2)c(=O)[nH]1)C(=O)Nc1ccc(C(F)(F)F)cn1. The van der Waals surface area contributed by atoms with Crippen LogP contribution in [0.5, 0.6) is 0 Å². The smallest absolute Gasteiger partial charge is 0.344 e. The van der Waals surface area contributed by atoms with E-state index in [9.17, 15) is 22.8 Å². The van der Waals surface area contributed by atoms with E-state index >= 15 is 0 Å². The van der Waals surface area contributed by atoms with Crippen LogP contribution < -0.4 is 16.2 Å². The monoisotopic (exact) mass is 435 g/mol. The molecular weight excluding hydrogens is 415 g/mol. The number of carbonyl (C=O) groups is 1. The average molecular weight is 435 g/mol. The molecule has 1 saturated carbocycles. The zero-order valence-corrected chi connectivity index (χ0v) is 16.5. The van der Waals surface area contributed by atoms with Crippen LogP contribution in [0.15, 0.2) is 29.3 Å². The predicted octanol–water partition coefficient (Wildman–Crippen LogP) is 3.09. The molecule has 4 rings (SSSR count). The summed E-state index contributed by atoms with van der Waals surface area (Å²) in [6.45, 7) is 1.53. The van der Waals surface area contributed by atoms with E-state index in [0.29, 0.717) is 17.2 Å². The number of H-pyrrole nitrogens is 1. The number of amides is 1. The third-order valence-electron chi connectivity index (χ3n) is 5.22. The van der Waals surface area contributed by atoms with Gasteiger partial charge in [0.25, 0.3) is 5.56 Å². The number of hydrogen-bond acceptors (Lipinski definition) is 6. The molecule has 3 N–H and O–H groups in total. The minimum atomic E-state index is -4.51. The van der Waals surface area contributed by atoms with E-state index in [-0.39, 0.29) is 23.4 Å². The van der Waals surface area contributed by atoms with E-state index in [2.05, 4.69) is 30.7 Å².